The van der Waals surface area contributed by atoms with E-state index in [0.29, 0.717) is 11.3 Å². The molecule has 0 saturated heterocycles. The Morgan fingerprint density at radius 1 is 1.00 bits per heavy atom. The van der Waals surface area contributed by atoms with Crippen LogP contribution in [-0.4, -0.2) is 4.92 Å². The van der Waals surface area contributed by atoms with E-state index < -0.39 is 16.4 Å². The van der Waals surface area contributed by atoms with Crippen LogP contribution in [0.4, 0.5) is 25.8 Å². The van der Waals surface area contributed by atoms with Crippen molar-refractivity contribution in [2.24, 2.45) is 0 Å². The first kappa shape index (κ1) is 16.4. The minimum atomic E-state index is -0.855. The summed E-state index contributed by atoms with van der Waals surface area (Å²) in [5.74, 6) is -1.09. The Kier molecular flexibility index (Phi) is 5.18. The molecular weight excluding hydrogens is 280 g/mol. The number of nitrogens with zero attached hydrogens (tertiary/aromatic N) is 1. The van der Waals surface area contributed by atoms with Gasteiger partial charge in [-0.05, 0) is 49.2 Å². The molecule has 0 spiro atoms. The van der Waals surface area contributed by atoms with Gasteiger partial charge in [0.2, 0.25) is 5.82 Å². The van der Waals surface area contributed by atoms with E-state index >= 15 is 0 Å². The lowest BCUT2D eigenvalue weighted by atomic mass is 10.2. The third-order valence-corrected chi connectivity index (χ3v) is 2.76. The van der Waals surface area contributed by atoms with Gasteiger partial charge in [0.25, 0.3) is 0 Å². The summed E-state index contributed by atoms with van der Waals surface area (Å²) in [5.41, 5.74) is 12.3. The molecule has 4 N–H and O–H groups in total. The number of nitrogen functional groups attached to an aromatic ring is 2. The maximum atomic E-state index is 12.8. The van der Waals surface area contributed by atoms with Crippen molar-refractivity contribution in [2.75, 3.05) is 11.5 Å². The molecule has 7 heteroatoms. The quantitative estimate of drug-likeness (QED) is 0.479. The van der Waals surface area contributed by atoms with Crippen LogP contribution in [0, 0.1) is 35.6 Å². The predicted octanol–water partition coefficient (Wildman–Crippen LogP) is 3.34. The van der Waals surface area contributed by atoms with Gasteiger partial charge in [-0.3, -0.25) is 10.1 Å². The standard InChI is InChI=1S/C7H7FN2O2.C7H8FN/c1-4-2-5(8)7(10(11)12)3-6(4)9;1-5-4-6(8)2-3-7(5)9/h2-3H,9H2,1H3;2-4H,9H2,1H3. The van der Waals surface area contributed by atoms with Gasteiger partial charge in [-0.2, -0.15) is 4.39 Å². The highest BCUT2D eigenvalue weighted by Gasteiger charge is 2.14. The fourth-order valence-corrected chi connectivity index (χ4v) is 1.46. The van der Waals surface area contributed by atoms with E-state index in [4.69, 9.17) is 11.5 Å². The van der Waals surface area contributed by atoms with E-state index in [9.17, 15) is 18.9 Å². The Bertz CT molecular complexity index is 676. The summed E-state index contributed by atoms with van der Waals surface area (Å²) < 4.78 is 25.1. The molecule has 112 valence electrons. The zero-order chi connectivity index (χ0) is 16.2. The molecule has 0 aliphatic carbocycles. The number of nitrogens with two attached hydrogens (primary N) is 2. The van der Waals surface area contributed by atoms with Crippen LogP contribution in [0.5, 0.6) is 0 Å². The second-order valence-corrected chi connectivity index (χ2v) is 4.42. The van der Waals surface area contributed by atoms with Crippen molar-refractivity contribution in [3.8, 4) is 0 Å². The molecule has 21 heavy (non-hydrogen) atoms. The fraction of sp³-hybridized carbons (Fsp3) is 0.143. The Labute approximate surface area is 120 Å². The van der Waals surface area contributed by atoms with Crippen molar-refractivity contribution in [1.82, 2.24) is 0 Å². The average molecular weight is 295 g/mol. The maximum absolute atomic E-state index is 12.8. The summed E-state index contributed by atoms with van der Waals surface area (Å²) in [7, 11) is 0. The summed E-state index contributed by atoms with van der Waals surface area (Å²) in [5, 5.41) is 10.2. The lowest BCUT2D eigenvalue weighted by molar-refractivity contribution is -0.387. The minimum absolute atomic E-state index is 0.225. The summed E-state index contributed by atoms with van der Waals surface area (Å²) in [6.45, 7) is 3.36. The van der Waals surface area contributed by atoms with Gasteiger partial charge < -0.3 is 11.5 Å². The molecule has 5 nitrogen and oxygen atoms in total. The normalized spacial score (nSPS) is 9.71. The van der Waals surface area contributed by atoms with Crippen LogP contribution in [0.1, 0.15) is 11.1 Å². The number of hydrogen-bond acceptors (Lipinski definition) is 4. The number of anilines is 2. The van der Waals surface area contributed by atoms with Gasteiger partial charge in [0.05, 0.1) is 4.92 Å². The number of nitro groups is 1. The molecule has 0 unspecified atom stereocenters. The second kappa shape index (κ2) is 6.65. The zero-order valence-electron chi connectivity index (χ0n) is 11.6. The van der Waals surface area contributed by atoms with Crippen LogP contribution in [0.15, 0.2) is 30.3 Å². The Balaban J connectivity index is 0.000000219. The van der Waals surface area contributed by atoms with E-state index in [1.165, 1.54) is 12.1 Å². The topological polar surface area (TPSA) is 95.2 Å². The van der Waals surface area contributed by atoms with Crippen LogP contribution in [0.2, 0.25) is 0 Å². The average Bonchev–Trinajstić information content (AvgIpc) is 2.39. The van der Waals surface area contributed by atoms with E-state index in [1.807, 2.05) is 0 Å². The molecule has 0 radical (unpaired) electrons. The highest BCUT2D eigenvalue weighted by molar-refractivity contribution is 5.53. The lowest BCUT2D eigenvalue weighted by Crippen LogP contribution is -1.97. The SMILES string of the molecule is Cc1cc(F)c([N+](=O)[O-])cc1N.Cc1cc(F)ccc1N. The molecule has 2 rings (SSSR count). The summed E-state index contributed by atoms with van der Waals surface area (Å²) in [6, 6.07) is 6.39. The number of halogens is 2. The van der Waals surface area contributed by atoms with Crippen molar-refractivity contribution in [3.05, 3.63) is 63.2 Å². The van der Waals surface area contributed by atoms with E-state index in [2.05, 4.69) is 0 Å². The van der Waals surface area contributed by atoms with Gasteiger partial charge in [0, 0.05) is 17.4 Å². The third-order valence-electron chi connectivity index (χ3n) is 2.76. The zero-order valence-corrected chi connectivity index (χ0v) is 11.6. The molecular formula is C14H15F2N3O2. The van der Waals surface area contributed by atoms with Gasteiger partial charge in [0.15, 0.2) is 0 Å². The Morgan fingerprint density at radius 2 is 1.57 bits per heavy atom. The van der Waals surface area contributed by atoms with E-state index in [0.717, 1.165) is 17.7 Å². The molecule has 2 aromatic rings. The van der Waals surface area contributed by atoms with Gasteiger partial charge in [-0.15, -0.1) is 0 Å². The first-order valence-corrected chi connectivity index (χ1v) is 5.94. The van der Waals surface area contributed by atoms with Crippen LogP contribution in [-0.2, 0) is 0 Å². The number of rotatable bonds is 1. The minimum Gasteiger partial charge on any atom is -0.399 e. The largest absolute Gasteiger partial charge is 0.399 e. The van der Waals surface area contributed by atoms with Crippen LogP contribution < -0.4 is 11.5 Å². The van der Waals surface area contributed by atoms with Crippen molar-refractivity contribution in [1.29, 1.82) is 0 Å². The lowest BCUT2D eigenvalue weighted by Gasteiger charge is -1.99. The molecule has 0 atom stereocenters. The molecule has 0 aliphatic heterocycles. The van der Waals surface area contributed by atoms with Gasteiger partial charge in [-0.1, -0.05) is 0 Å². The second-order valence-electron chi connectivity index (χ2n) is 4.42. The molecule has 0 fully saturated rings. The highest BCUT2D eigenvalue weighted by Crippen LogP contribution is 2.22. The maximum Gasteiger partial charge on any atom is 0.306 e. The first-order chi connectivity index (χ1) is 9.72. The fourth-order valence-electron chi connectivity index (χ4n) is 1.46. The number of hydrogen-bond donors (Lipinski definition) is 2. The summed E-state index contributed by atoms with van der Waals surface area (Å²) >= 11 is 0. The van der Waals surface area contributed by atoms with Crippen molar-refractivity contribution in [2.45, 2.75) is 13.8 Å². The molecule has 0 amide bonds. The van der Waals surface area contributed by atoms with Crippen LogP contribution >= 0.6 is 0 Å². The number of aryl methyl sites for hydroxylation is 2. The van der Waals surface area contributed by atoms with Gasteiger partial charge >= 0.3 is 5.69 Å². The van der Waals surface area contributed by atoms with Crippen molar-refractivity contribution in [3.63, 3.8) is 0 Å². The smallest absolute Gasteiger partial charge is 0.306 e. The summed E-state index contributed by atoms with van der Waals surface area (Å²) in [4.78, 5) is 9.39. The van der Waals surface area contributed by atoms with Crippen molar-refractivity contribution >= 4 is 17.1 Å². The highest BCUT2D eigenvalue weighted by atomic mass is 19.1. The first-order valence-electron chi connectivity index (χ1n) is 5.94. The molecule has 0 aromatic heterocycles. The van der Waals surface area contributed by atoms with Gasteiger partial charge in [-0.25, -0.2) is 4.39 Å². The molecule has 0 aliphatic rings. The van der Waals surface area contributed by atoms with Crippen LogP contribution in [0.3, 0.4) is 0 Å². The molecule has 0 saturated carbocycles. The predicted molar refractivity (Wildman–Crippen MR) is 77.8 cm³/mol. The number of nitro benzene ring substituents is 1. The summed E-state index contributed by atoms with van der Waals surface area (Å²) in [6.07, 6.45) is 0. The van der Waals surface area contributed by atoms with Crippen LogP contribution in [0.25, 0.3) is 0 Å². The van der Waals surface area contributed by atoms with E-state index in [1.54, 1.807) is 19.9 Å². The van der Waals surface area contributed by atoms with Crippen molar-refractivity contribution < 1.29 is 13.7 Å². The Morgan fingerprint density at radius 3 is 2.05 bits per heavy atom. The van der Waals surface area contributed by atoms with Gasteiger partial charge in [0.1, 0.15) is 5.82 Å². The van der Waals surface area contributed by atoms with E-state index in [-0.39, 0.29) is 11.5 Å². The number of benzene rings is 2. The third kappa shape index (κ3) is 4.41. The molecule has 2 aromatic carbocycles. The Hall–Kier alpha value is -2.70. The monoisotopic (exact) mass is 295 g/mol. The molecule has 0 heterocycles. The molecule has 0 bridgehead atoms.